The van der Waals surface area contributed by atoms with Gasteiger partial charge in [0.25, 0.3) is 5.91 Å². The number of aliphatic hydroxyl groups is 1. The number of alkyl halides is 3. The Kier molecular flexibility index (Phi) is 10.9. The van der Waals surface area contributed by atoms with E-state index in [9.17, 15) is 18.0 Å². The number of hydrazine groups is 1. The van der Waals surface area contributed by atoms with Crippen LogP contribution < -0.4 is 20.3 Å². The third-order valence-corrected chi connectivity index (χ3v) is 7.81. The van der Waals surface area contributed by atoms with Crippen LogP contribution >= 0.6 is 23.2 Å². The van der Waals surface area contributed by atoms with Crippen molar-refractivity contribution >= 4 is 35.0 Å². The predicted octanol–water partition coefficient (Wildman–Crippen LogP) is 6.97. The standard InChI is InChI=1S/C34H30Cl2F3N3O5/c35-25-11-16-28(29(36)19-25)30-33(20-22-5-2-1-3-6-22,41-31(46-30)24-9-14-26(15-10-24)45-18-4-17-43)32(44)42-40-21-23-7-12-27(13-8-23)47-34(37,38)39/h1-3,5-16,19,30,40,43H,4,17-18,20-21H2,(H,42,44)/t30-,33-/m0/s1. The topological polar surface area (TPSA) is 101 Å². The van der Waals surface area contributed by atoms with Crippen LogP contribution in [0.25, 0.3) is 0 Å². The lowest BCUT2D eigenvalue weighted by molar-refractivity contribution is -0.274. The van der Waals surface area contributed by atoms with Crippen LogP contribution in [-0.4, -0.2) is 42.0 Å². The molecule has 4 aromatic carbocycles. The first-order valence-electron chi connectivity index (χ1n) is 14.5. The van der Waals surface area contributed by atoms with Crippen LogP contribution in [0.3, 0.4) is 0 Å². The van der Waals surface area contributed by atoms with Crippen molar-refractivity contribution in [1.29, 1.82) is 0 Å². The van der Waals surface area contributed by atoms with Crippen LogP contribution in [0, 0.1) is 0 Å². The van der Waals surface area contributed by atoms with Crippen molar-refractivity contribution in [3.63, 3.8) is 0 Å². The van der Waals surface area contributed by atoms with Gasteiger partial charge in [0.15, 0.2) is 11.6 Å². The number of hydrogen-bond donors (Lipinski definition) is 3. The number of benzene rings is 4. The largest absolute Gasteiger partial charge is 0.573 e. The number of hydrogen-bond acceptors (Lipinski definition) is 7. The number of ether oxygens (including phenoxy) is 3. The molecule has 0 fully saturated rings. The highest BCUT2D eigenvalue weighted by atomic mass is 35.5. The van der Waals surface area contributed by atoms with Crippen LogP contribution in [-0.2, 0) is 22.5 Å². The van der Waals surface area contributed by atoms with E-state index in [4.69, 9.17) is 42.8 Å². The van der Waals surface area contributed by atoms with Gasteiger partial charge < -0.3 is 19.3 Å². The van der Waals surface area contributed by atoms with Gasteiger partial charge in [0, 0.05) is 47.2 Å². The molecule has 0 unspecified atom stereocenters. The summed E-state index contributed by atoms with van der Waals surface area (Å²) in [4.78, 5) is 19.2. The maximum absolute atomic E-state index is 14.3. The summed E-state index contributed by atoms with van der Waals surface area (Å²) in [5.74, 6) is -0.0966. The molecule has 4 aromatic rings. The van der Waals surface area contributed by atoms with Crippen molar-refractivity contribution in [3.05, 3.63) is 129 Å². The van der Waals surface area contributed by atoms with E-state index >= 15 is 0 Å². The summed E-state index contributed by atoms with van der Waals surface area (Å²) in [6.07, 6.45) is -5.17. The average Bonchev–Trinajstić information content (AvgIpc) is 3.42. The number of halogens is 5. The Morgan fingerprint density at radius 2 is 1.64 bits per heavy atom. The first-order chi connectivity index (χ1) is 22.6. The minimum Gasteiger partial charge on any atom is -0.494 e. The second-order valence-corrected chi connectivity index (χ2v) is 11.5. The molecule has 1 aliphatic rings. The number of carbonyl (C=O) groups excluding carboxylic acids is 1. The van der Waals surface area contributed by atoms with E-state index in [1.165, 1.54) is 24.3 Å². The van der Waals surface area contributed by atoms with Crippen molar-refractivity contribution < 1.29 is 37.3 Å². The first-order valence-corrected chi connectivity index (χ1v) is 15.3. The van der Waals surface area contributed by atoms with Crippen LogP contribution in [0.5, 0.6) is 11.5 Å². The Labute approximate surface area is 279 Å². The molecule has 47 heavy (non-hydrogen) atoms. The lowest BCUT2D eigenvalue weighted by Gasteiger charge is -2.31. The Hall–Kier alpha value is -4.29. The van der Waals surface area contributed by atoms with E-state index in [1.807, 2.05) is 30.3 Å². The Morgan fingerprint density at radius 1 is 0.936 bits per heavy atom. The number of aliphatic imine (C=N–C) groups is 1. The number of rotatable bonds is 13. The fourth-order valence-corrected chi connectivity index (χ4v) is 5.53. The van der Waals surface area contributed by atoms with Crippen LogP contribution in [0.15, 0.2) is 102 Å². The van der Waals surface area contributed by atoms with E-state index < -0.39 is 23.9 Å². The summed E-state index contributed by atoms with van der Waals surface area (Å²) in [7, 11) is 0. The molecule has 8 nitrogen and oxygen atoms in total. The SMILES string of the molecule is O=C(NNCc1ccc(OC(F)(F)F)cc1)[C@@]1(Cc2ccccc2)N=C(c2ccc(OCCCO)cc2)O[C@H]1c1ccc(Cl)cc1Cl. The van der Waals surface area contributed by atoms with Crippen molar-refractivity contribution in [3.8, 4) is 11.5 Å². The van der Waals surface area contributed by atoms with Gasteiger partial charge in [-0.05, 0) is 59.7 Å². The minimum atomic E-state index is -4.80. The van der Waals surface area contributed by atoms with E-state index in [1.54, 1.807) is 42.5 Å². The molecule has 3 N–H and O–H groups in total. The number of nitrogens with one attached hydrogen (secondary N) is 2. The van der Waals surface area contributed by atoms with Gasteiger partial charge in [-0.3, -0.25) is 10.2 Å². The molecule has 0 bridgehead atoms. The Morgan fingerprint density at radius 3 is 2.30 bits per heavy atom. The molecule has 0 spiro atoms. The number of aliphatic hydroxyl groups excluding tert-OH is 1. The number of carbonyl (C=O) groups is 1. The second-order valence-electron chi connectivity index (χ2n) is 10.6. The third-order valence-electron chi connectivity index (χ3n) is 7.24. The predicted molar refractivity (Wildman–Crippen MR) is 171 cm³/mol. The lowest BCUT2D eigenvalue weighted by atomic mass is 9.82. The van der Waals surface area contributed by atoms with Gasteiger partial charge in [0.05, 0.1) is 6.61 Å². The van der Waals surface area contributed by atoms with Crippen LogP contribution in [0.4, 0.5) is 13.2 Å². The number of amides is 1. The maximum atomic E-state index is 14.3. The molecule has 1 aliphatic heterocycles. The van der Waals surface area contributed by atoms with Gasteiger partial charge >= 0.3 is 6.36 Å². The summed E-state index contributed by atoms with van der Waals surface area (Å²) in [6, 6.07) is 26.5. The highest BCUT2D eigenvalue weighted by Crippen LogP contribution is 2.45. The van der Waals surface area contributed by atoms with Crippen LogP contribution in [0.1, 0.15) is 34.8 Å². The zero-order chi connectivity index (χ0) is 33.4. The summed E-state index contributed by atoms with van der Waals surface area (Å²) in [6.45, 7) is 0.450. The molecule has 246 valence electrons. The van der Waals surface area contributed by atoms with Gasteiger partial charge in [-0.15, -0.1) is 13.2 Å². The number of nitrogens with zero attached hydrogens (tertiary/aromatic N) is 1. The minimum absolute atomic E-state index is 0.0149. The van der Waals surface area contributed by atoms with Gasteiger partial charge in [0.1, 0.15) is 11.5 Å². The third kappa shape index (κ3) is 8.75. The molecular formula is C34H30Cl2F3N3O5. The Bertz CT molecular complexity index is 1690. The maximum Gasteiger partial charge on any atom is 0.573 e. The van der Waals surface area contributed by atoms with Crippen molar-refractivity contribution in [2.45, 2.75) is 37.4 Å². The smallest absolute Gasteiger partial charge is 0.494 e. The molecular weight excluding hydrogens is 658 g/mol. The molecule has 5 rings (SSSR count). The zero-order valence-electron chi connectivity index (χ0n) is 24.8. The van der Waals surface area contributed by atoms with Crippen molar-refractivity contribution in [2.24, 2.45) is 4.99 Å². The van der Waals surface area contributed by atoms with Gasteiger partial charge in [-0.1, -0.05) is 71.7 Å². The summed E-state index contributed by atoms with van der Waals surface area (Å²) in [5, 5.41) is 9.72. The quantitative estimate of drug-likeness (QED) is 0.104. The normalized spacial score (nSPS) is 17.5. The summed E-state index contributed by atoms with van der Waals surface area (Å²) >= 11 is 12.9. The van der Waals surface area contributed by atoms with E-state index in [0.29, 0.717) is 40.5 Å². The molecule has 1 amide bonds. The molecule has 1 heterocycles. The molecule has 0 aliphatic carbocycles. The monoisotopic (exact) mass is 687 g/mol. The van der Waals surface area contributed by atoms with E-state index in [-0.39, 0.29) is 36.2 Å². The fourth-order valence-electron chi connectivity index (χ4n) is 5.02. The van der Waals surface area contributed by atoms with Crippen LogP contribution in [0.2, 0.25) is 10.0 Å². The molecule has 0 radical (unpaired) electrons. The van der Waals surface area contributed by atoms with Gasteiger partial charge in [0.2, 0.25) is 5.90 Å². The van der Waals surface area contributed by atoms with E-state index in [2.05, 4.69) is 15.6 Å². The highest BCUT2D eigenvalue weighted by Gasteiger charge is 2.54. The molecule has 0 saturated carbocycles. The summed E-state index contributed by atoms with van der Waals surface area (Å²) in [5.41, 5.74) is 6.50. The van der Waals surface area contributed by atoms with Gasteiger partial charge in [-0.2, -0.15) is 0 Å². The first kappa shape index (κ1) is 34.1. The average molecular weight is 689 g/mol. The molecule has 13 heteroatoms. The second kappa shape index (κ2) is 15.1. The Balaban J connectivity index is 1.46. The molecule has 0 aromatic heterocycles. The molecule has 0 saturated heterocycles. The lowest BCUT2D eigenvalue weighted by Crippen LogP contribution is -2.53. The summed E-state index contributed by atoms with van der Waals surface area (Å²) < 4.78 is 53.7. The van der Waals surface area contributed by atoms with Crippen molar-refractivity contribution in [2.75, 3.05) is 13.2 Å². The fraction of sp³-hybridized carbons (Fsp3) is 0.235. The van der Waals surface area contributed by atoms with Gasteiger partial charge in [-0.25, -0.2) is 10.4 Å². The highest BCUT2D eigenvalue weighted by molar-refractivity contribution is 6.35. The van der Waals surface area contributed by atoms with E-state index in [0.717, 1.165) is 5.56 Å². The zero-order valence-corrected chi connectivity index (χ0v) is 26.3. The van der Waals surface area contributed by atoms with Crippen molar-refractivity contribution in [1.82, 2.24) is 10.9 Å². The molecule has 2 atom stereocenters.